The van der Waals surface area contributed by atoms with Gasteiger partial charge in [-0.3, -0.25) is 9.59 Å². The highest BCUT2D eigenvalue weighted by Crippen LogP contribution is 2.33. The van der Waals surface area contributed by atoms with Crippen molar-refractivity contribution in [2.24, 2.45) is 11.8 Å². The number of amides is 1. The lowest BCUT2D eigenvalue weighted by molar-refractivity contribution is -0.154. The van der Waals surface area contributed by atoms with E-state index in [1.807, 2.05) is 42.2 Å². The van der Waals surface area contributed by atoms with E-state index in [0.29, 0.717) is 51.5 Å². The molecule has 46 heavy (non-hydrogen) atoms. The van der Waals surface area contributed by atoms with Crippen molar-refractivity contribution in [2.75, 3.05) is 33.4 Å². The first-order valence-electron chi connectivity index (χ1n) is 17.0. The van der Waals surface area contributed by atoms with E-state index in [2.05, 4.69) is 26.0 Å². The number of rotatable bonds is 6. The van der Waals surface area contributed by atoms with Gasteiger partial charge in [0.15, 0.2) is 0 Å². The normalized spacial score (nSPS) is 33.6. The van der Waals surface area contributed by atoms with Gasteiger partial charge < -0.3 is 28.6 Å². The summed E-state index contributed by atoms with van der Waals surface area (Å²) in [6.07, 6.45) is 21.1. The summed E-state index contributed by atoms with van der Waals surface area (Å²) in [5, 5.41) is 0. The number of hydrogen-bond donors (Lipinski definition) is 0. The highest BCUT2D eigenvalue weighted by atomic mass is 16.6. The number of esters is 2. The number of hydrogen-bond acceptors (Lipinski definition) is 8. The molecule has 7 unspecified atom stereocenters. The Morgan fingerprint density at radius 2 is 1.65 bits per heavy atom. The van der Waals surface area contributed by atoms with Crippen molar-refractivity contribution in [1.82, 2.24) is 4.90 Å². The fraction of sp³-hybridized carbons (Fsp3) is 0.649. The van der Waals surface area contributed by atoms with Crippen LogP contribution in [0.5, 0.6) is 0 Å². The standard InChI is InChI=1S/C37H53NO8/c1-26(20-35(39)38-15-17-43-18-16-38)9-6-5-7-12-34-28(3)14-13-27(2)19-30-10-8-11-31(44-30)24-32-21-29(23-36(40)42-4)22-33(45-32)25-37(41)46-34/h5-7,9,12-14,23,27-28,30-34H,8,10-11,15-22,24-25H2,1-4H3/b6-5-,12-7+,14-13+,26-9+,29-23-. The van der Waals surface area contributed by atoms with Gasteiger partial charge in [-0.2, -0.15) is 0 Å². The fourth-order valence-corrected chi connectivity index (χ4v) is 6.62. The zero-order chi connectivity index (χ0) is 32.9. The van der Waals surface area contributed by atoms with Crippen LogP contribution in [0.4, 0.5) is 0 Å². The van der Waals surface area contributed by atoms with E-state index in [-0.39, 0.29) is 42.5 Å². The maximum Gasteiger partial charge on any atom is 0.330 e. The summed E-state index contributed by atoms with van der Waals surface area (Å²) in [6, 6.07) is 0. The summed E-state index contributed by atoms with van der Waals surface area (Å²) in [6.45, 7) is 8.68. The Kier molecular flexibility index (Phi) is 14.3. The second-order valence-electron chi connectivity index (χ2n) is 13.2. The lowest BCUT2D eigenvalue weighted by Crippen LogP contribution is -2.40. The van der Waals surface area contributed by atoms with Crippen molar-refractivity contribution >= 4 is 17.8 Å². The number of morpholine rings is 1. The molecule has 4 aliphatic heterocycles. The molecule has 4 aliphatic rings. The SMILES string of the molecule is COC(=O)/C=C1\CC2CC(=O)OC(/C=C/C=C\C=C(/C)CC(=O)N3CCOCC3)C(C)/C=C/C(C)CC3CCCC(CC(C1)O2)O3. The fourth-order valence-electron chi connectivity index (χ4n) is 6.62. The Bertz CT molecular complexity index is 1180. The molecule has 3 fully saturated rings. The molecule has 0 aromatic heterocycles. The molecule has 3 saturated heterocycles. The largest absolute Gasteiger partial charge is 0.466 e. The van der Waals surface area contributed by atoms with E-state index in [0.717, 1.165) is 43.3 Å². The molecule has 0 radical (unpaired) electrons. The van der Waals surface area contributed by atoms with E-state index in [4.69, 9.17) is 23.7 Å². The highest BCUT2D eigenvalue weighted by molar-refractivity contribution is 5.82. The number of carbonyl (C=O) groups excluding carboxylic acids is 3. The average Bonchev–Trinajstić information content (AvgIpc) is 3.02. The van der Waals surface area contributed by atoms with Gasteiger partial charge >= 0.3 is 11.9 Å². The minimum absolute atomic E-state index is 0.0535. The second-order valence-corrected chi connectivity index (χ2v) is 13.2. The molecular formula is C37H53NO8. The van der Waals surface area contributed by atoms with Gasteiger partial charge in [-0.25, -0.2) is 4.79 Å². The molecule has 0 aromatic rings. The molecule has 0 N–H and O–H groups in total. The van der Waals surface area contributed by atoms with Crippen molar-refractivity contribution in [3.63, 3.8) is 0 Å². The maximum absolute atomic E-state index is 13.3. The first-order chi connectivity index (χ1) is 22.2. The van der Waals surface area contributed by atoms with Gasteiger partial charge in [0.25, 0.3) is 0 Å². The van der Waals surface area contributed by atoms with Crippen molar-refractivity contribution < 1.29 is 38.1 Å². The van der Waals surface area contributed by atoms with E-state index in [1.54, 1.807) is 0 Å². The first-order valence-corrected chi connectivity index (χ1v) is 17.0. The molecule has 0 aromatic carbocycles. The van der Waals surface area contributed by atoms with Gasteiger partial charge in [-0.1, -0.05) is 61.4 Å². The molecule has 7 atom stereocenters. The van der Waals surface area contributed by atoms with Gasteiger partial charge in [0.2, 0.25) is 5.91 Å². The predicted octanol–water partition coefficient (Wildman–Crippen LogP) is 5.80. The van der Waals surface area contributed by atoms with Crippen LogP contribution in [0.3, 0.4) is 0 Å². The molecule has 0 spiro atoms. The van der Waals surface area contributed by atoms with Crippen LogP contribution in [0.1, 0.15) is 78.6 Å². The van der Waals surface area contributed by atoms with Gasteiger partial charge in [0.05, 0.1) is 51.2 Å². The zero-order valence-electron chi connectivity index (χ0n) is 28.1. The molecule has 1 amide bonds. The summed E-state index contributed by atoms with van der Waals surface area (Å²) < 4.78 is 29.2. The molecule has 4 bridgehead atoms. The number of carbonyl (C=O) groups is 3. The quantitative estimate of drug-likeness (QED) is 0.156. The molecule has 0 aliphatic carbocycles. The van der Waals surface area contributed by atoms with Crippen LogP contribution in [0.25, 0.3) is 0 Å². The monoisotopic (exact) mass is 639 g/mol. The molecule has 9 nitrogen and oxygen atoms in total. The van der Waals surface area contributed by atoms with Crippen LogP contribution < -0.4 is 0 Å². The summed E-state index contributed by atoms with van der Waals surface area (Å²) >= 11 is 0. The van der Waals surface area contributed by atoms with Crippen LogP contribution >= 0.6 is 0 Å². The summed E-state index contributed by atoms with van der Waals surface area (Å²) in [5.74, 6) is -0.354. The number of methoxy groups -OCH3 is 1. The third-order valence-corrected chi connectivity index (χ3v) is 9.11. The molecule has 4 heterocycles. The van der Waals surface area contributed by atoms with E-state index in [1.165, 1.54) is 13.2 Å². The van der Waals surface area contributed by atoms with Crippen LogP contribution in [0.2, 0.25) is 0 Å². The Balaban J connectivity index is 1.45. The van der Waals surface area contributed by atoms with Gasteiger partial charge in [-0.15, -0.1) is 0 Å². The number of ether oxygens (including phenoxy) is 5. The van der Waals surface area contributed by atoms with Crippen LogP contribution in [-0.4, -0.2) is 86.7 Å². The van der Waals surface area contributed by atoms with Crippen LogP contribution in [0, 0.1) is 11.8 Å². The minimum Gasteiger partial charge on any atom is -0.466 e. The topological polar surface area (TPSA) is 101 Å². The third-order valence-electron chi connectivity index (χ3n) is 9.11. The van der Waals surface area contributed by atoms with Gasteiger partial charge in [0, 0.05) is 37.9 Å². The lowest BCUT2D eigenvalue weighted by atomic mass is 9.89. The number of cyclic esters (lactones) is 1. The Labute approximate surface area is 274 Å². The van der Waals surface area contributed by atoms with Crippen molar-refractivity contribution in [1.29, 1.82) is 0 Å². The molecule has 4 rings (SSSR count). The summed E-state index contributed by atoms with van der Waals surface area (Å²) in [7, 11) is 1.37. The number of fused-ring (bicyclic) bond motifs is 4. The smallest absolute Gasteiger partial charge is 0.330 e. The maximum atomic E-state index is 13.3. The van der Waals surface area contributed by atoms with Crippen molar-refractivity contribution in [3.8, 4) is 0 Å². The zero-order valence-corrected chi connectivity index (χ0v) is 28.1. The van der Waals surface area contributed by atoms with Crippen molar-refractivity contribution in [2.45, 2.75) is 109 Å². The molecule has 0 saturated carbocycles. The molecule has 254 valence electrons. The lowest BCUT2D eigenvalue weighted by Gasteiger charge is -2.37. The highest BCUT2D eigenvalue weighted by Gasteiger charge is 2.33. The van der Waals surface area contributed by atoms with Gasteiger partial charge in [-0.05, 0) is 57.4 Å². The second kappa shape index (κ2) is 18.4. The number of nitrogens with zero attached hydrogens (tertiary/aromatic N) is 1. The minimum atomic E-state index is -0.471. The van der Waals surface area contributed by atoms with E-state index in [9.17, 15) is 14.4 Å². The van der Waals surface area contributed by atoms with Crippen LogP contribution in [-0.2, 0) is 38.1 Å². The van der Waals surface area contributed by atoms with E-state index >= 15 is 0 Å². The Morgan fingerprint density at radius 3 is 2.41 bits per heavy atom. The van der Waals surface area contributed by atoms with E-state index < -0.39 is 18.2 Å². The molecule has 9 heteroatoms. The Hall–Kier alpha value is -3.01. The Morgan fingerprint density at radius 1 is 0.935 bits per heavy atom. The summed E-state index contributed by atoms with van der Waals surface area (Å²) in [5.41, 5.74) is 1.90. The van der Waals surface area contributed by atoms with Crippen LogP contribution in [0.15, 0.2) is 59.8 Å². The predicted molar refractivity (Wildman–Crippen MR) is 176 cm³/mol. The summed E-state index contributed by atoms with van der Waals surface area (Å²) in [4.78, 5) is 39.7. The van der Waals surface area contributed by atoms with Crippen molar-refractivity contribution in [3.05, 3.63) is 59.8 Å². The third kappa shape index (κ3) is 12.0. The number of allylic oxidation sites excluding steroid dienone is 5. The first kappa shape index (κ1) is 35.8. The average molecular weight is 640 g/mol. The van der Waals surface area contributed by atoms with Gasteiger partial charge in [0.1, 0.15) is 6.10 Å². The molecular weight excluding hydrogens is 586 g/mol.